The van der Waals surface area contributed by atoms with Crippen LogP contribution in [0.1, 0.15) is 72.1 Å². The number of nitrogens with one attached hydrogen (secondary N) is 1. The minimum Gasteiger partial charge on any atom is -0.481 e. The van der Waals surface area contributed by atoms with Crippen LogP contribution in [0.15, 0.2) is 18.2 Å². The zero-order chi connectivity index (χ0) is 27.1. The van der Waals surface area contributed by atoms with E-state index in [0.29, 0.717) is 44.5 Å². The Morgan fingerprint density at radius 1 is 0.921 bits per heavy atom. The molecule has 1 aliphatic carbocycles. The van der Waals surface area contributed by atoms with Gasteiger partial charge in [-0.2, -0.15) is 0 Å². The highest BCUT2D eigenvalue weighted by molar-refractivity contribution is 6.25. The summed E-state index contributed by atoms with van der Waals surface area (Å²) in [7, 11) is 1.88. The molecule has 4 aliphatic rings. The number of piperidine rings is 2. The standard InChI is InChI=1S/C27H32N4O7/c1-29(17-7-5-15(6-8-17)24(34)30-13-11-16(12-14-30)27(37)38)19-4-2-3-18-22(19)26(36)31(25(18)35)20-9-10-21(32)28-23(20)33/h2-4,15-17,20H,5-14H2,1H3,(H,37,38)(H,28,32,33). The highest BCUT2D eigenvalue weighted by Gasteiger charge is 2.46. The summed E-state index contributed by atoms with van der Waals surface area (Å²) in [6.45, 7) is 0.956. The first-order valence-electron chi connectivity index (χ1n) is 13.3. The smallest absolute Gasteiger partial charge is 0.306 e. The van der Waals surface area contributed by atoms with Crippen molar-refractivity contribution < 1.29 is 33.9 Å². The van der Waals surface area contributed by atoms with Crippen LogP contribution in [0.2, 0.25) is 0 Å². The molecule has 3 aliphatic heterocycles. The summed E-state index contributed by atoms with van der Waals surface area (Å²) in [6, 6.07) is 4.15. The molecule has 38 heavy (non-hydrogen) atoms. The van der Waals surface area contributed by atoms with Gasteiger partial charge in [-0.3, -0.25) is 39.0 Å². The highest BCUT2D eigenvalue weighted by atomic mass is 16.4. The average molecular weight is 525 g/mol. The Kier molecular flexibility index (Phi) is 6.93. The number of nitrogens with zero attached hydrogens (tertiary/aromatic N) is 3. The summed E-state index contributed by atoms with van der Waals surface area (Å²) in [6.07, 6.45) is 4.00. The molecule has 202 valence electrons. The predicted molar refractivity (Wildman–Crippen MR) is 134 cm³/mol. The fourth-order valence-corrected chi connectivity index (χ4v) is 6.30. The second-order valence-corrected chi connectivity index (χ2v) is 10.7. The quantitative estimate of drug-likeness (QED) is 0.550. The summed E-state index contributed by atoms with van der Waals surface area (Å²) in [4.78, 5) is 79.6. The van der Waals surface area contributed by atoms with E-state index in [1.807, 2.05) is 11.9 Å². The zero-order valence-corrected chi connectivity index (χ0v) is 21.4. The van der Waals surface area contributed by atoms with Gasteiger partial charge in [0, 0.05) is 38.5 Å². The largest absolute Gasteiger partial charge is 0.481 e. The number of carbonyl (C=O) groups is 6. The molecule has 2 N–H and O–H groups in total. The van der Waals surface area contributed by atoms with Crippen molar-refractivity contribution in [1.82, 2.24) is 15.1 Å². The number of carbonyl (C=O) groups excluding carboxylic acids is 5. The molecule has 1 unspecified atom stereocenters. The van der Waals surface area contributed by atoms with Gasteiger partial charge >= 0.3 is 5.97 Å². The van der Waals surface area contributed by atoms with E-state index in [1.165, 1.54) is 0 Å². The van der Waals surface area contributed by atoms with Gasteiger partial charge in [0.25, 0.3) is 11.8 Å². The van der Waals surface area contributed by atoms with Gasteiger partial charge in [-0.05, 0) is 57.1 Å². The van der Waals surface area contributed by atoms with Crippen molar-refractivity contribution in [2.45, 2.75) is 63.5 Å². The van der Waals surface area contributed by atoms with Crippen molar-refractivity contribution in [3.63, 3.8) is 0 Å². The lowest BCUT2D eigenvalue weighted by Gasteiger charge is -2.38. The average Bonchev–Trinajstić information content (AvgIpc) is 3.17. The molecule has 1 aromatic rings. The Morgan fingerprint density at radius 3 is 2.24 bits per heavy atom. The summed E-state index contributed by atoms with van der Waals surface area (Å²) < 4.78 is 0. The van der Waals surface area contributed by atoms with Crippen LogP contribution in [0.25, 0.3) is 0 Å². The predicted octanol–water partition coefficient (Wildman–Crippen LogP) is 1.41. The van der Waals surface area contributed by atoms with Gasteiger partial charge in [0.1, 0.15) is 6.04 Å². The topological polar surface area (TPSA) is 144 Å². The number of benzene rings is 1. The number of rotatable bonds is 5. The monoisotopic (exact) mass is 524 g/mol. The number of carboxylic acids is 1. The van der Waals surface area contributed by atoms with Gasteiger partial charge in [0.05, 0.1) is 22.7 Å². The van der Waals surface area contributed by atoms with Crippen LogP contribution in [0.5, 0.6) is 0 Å². The van der Waals surface area contributed by atoms with Gasteiger partial charge in [-0.1, -0.05) is 6.07 Å². The van der Waals surface area contributed by atoms with Crippen molar-refractivity contribution in [3.05, 3.63) is 29.3 Å². The molecule has 1 atom stereocenters. The molecule has 0 aromatic heterocycles. The van der Waals surface area contributed by atoms with Crippen LogP contribution in [-0.4, -0.2) is 82.6 Å². The normalized spacial score (nSPS) is 26.3. The Hall–Kier alpha value is -3.76. The number of hydrogen-bond acceptors (Lipinski definition) is 7. The summed E-state index contributed by atoms with van der Waals surface area (Å²) in [5.41, 5.74) is 1.13. The van der Waals surface area contributed by atoms with Crippen LogP contribution < -0.4 is 10.2 Å². The minimum atomic E-state index is -1.01. The number of fused-ring (bicyclic) bond motifs is 1. The molecule has 0 bridgehead atoms. The van der Waals surface area contributed by atoms with Crippen molar-refractivity contribution in [2.24, 2.45) is 11.8 Å². The molecule has 11 heteroatoms. The minimum absolute atomic E-state index is 0.0656. The summed E-state index contributed by atoms with van der Waals surface area (Å²) >= 11 is 0. The zero-order valence-electron chi connectivity index (χ0n) is 21.4. The first-order valence-corrected chi connectivity index (χ1v) is 13.3. The maximum Gasteiger partial charge on any atom is 0.306 e. The van der Waals surface area contributed by atoms with E-state index >= 15 is 0 Å². The number of aliphatic carboxylic acids is 1. The van der Waals surface area contributed by atoms with Gasteiger partial charge < -0.3 is 14.9 Å². The molecule has 3 fully saturated rings. The highest BCUT2D eigenvalue weighted by Crippen LogP contribution is 2.37. The maximum atomic E-state index is 13.4. The molecular formula is C27H32N4O7. The third-order valence-electron chi connectivity index (χ3n) is 8.58. The van der Waals surface area contributed by atoms with Crippen LogP contribution in [0.4, 0.5) is 5.69 Å². The molecule has 0 radical (unpaired) electrons. The third-order valence-corrected chi connectivity index (χ3v) is 8.58. The second-order valence-electron chi connectivity index (χ2n) is 10.7. The van der Waals surface area contributed by atoms with Gasteiger partial charge in [-0.15, -0.1) is 0 Å². The molecule has 11 nitrogen and oxygen atoms in total. The summed E-state index contributed by atoms with van der Waals surface area (Å²) in [5, 5.41) is 11.4. The molecular weight excluding hydrogens is 492 g/mol. The lowest BCUT2D eigenvalue weighted by Crippen LogP contribution is -2.54. The maximum absolute atomic E-state index is 13.4. The Balaban J connectivity index is 1.25. The van der Waals surface area contributed by atoms with Crippen molar-refractivity contribution in [2.75, 3.05) is 25.0 Å². The molecule has 5 rings (SSSR count). The van der Waals surface area contributed by atoms with E-state index < -0.39 is 35.6 Å². The summed E-state index contributed by atoms with van der Waals surface area (Å²) in [5.74, 6) is -3.30. The van der Waals surface area contributed by atoms with E-state index in [2.05, 4.69) is 5.32 Å². The van der Waals surface area contributed by atoms with E-state index in [0.717, 1.165) is 17.7 Å². The van der Waals surface area contributed by atoms with E-state index in [-0.39, 0.29) is 47.8 Å². The Labute approximate surface area is 220 Å². The van der Waals surface area contributed by atoms with E-state index in [1.54, 1.807) is 23.1 Å². The second kappa shape index (κ2) is 10.2. The number of likely N-dealkylation sites (tertiary alicyclic amines) is 1. The number of amides is 5. The molecule has 1 aromatic carbocycles. The molecule has 5 amide bonds. The molecule has 2 saturated heterocycles. The van der Waals surface area contributed by atoms with Gasteiger partial charge in [0.2, 0.25) is 17.7 Å². The number of hydrogen-bond donors (Lipinski definition) is 2. The number of imide groups is 2. The lowest BCUT2D eigenvalue weighted by atomic mass is 9.83. The van der Waals surface area contributed by atoms with Crippen molar-refractivity contribution in [3.8, 4) is 0 Å². The number of anilines is 1. The van der Waals surface area contributed by atoms with Gasteiger partial charge in [-0.25, -0.2) is 0 Å². The first-order chi connectivity index (χ1) is 18.2. The molecule has 1 saturated carbocycles. The molecule has 3 heterocycles. The number of carboxylic acid groups (broad SMARTS) is 1. The van der Waals surface area contributed by atoms with Crippen molar-refractivity contribution in [1.29, 1.82) is 0 Å². The van der Waals surface area contributed by atoms with E-state index in [9.17, 15) is 33.9 Å². The Bertz CT molecular complexity index is 1200. The van der Waals surface area contributed by atoms with Crippen LogP contribution in [0, 0.1) is 11.8 Å². The van der Waals surface area contributed by atoms with Gasteiger partial charge in [0.15, 0.2) is 0 Å². The third kappa shape index (κ3) is 4.54. The van der Waals surface area contributed by atoms with Crippen LogP contribution >= 0.6 is 0 Å². The molecule has 0 spiro atoms. The lowest BCUT2D eigenvalue weighted by molar-refractivity contribution is -0.147. The first kappa shape index (κ1) is 25.9. The van der Waals surface area contributed by atoms with E-state index in [4.69, 9.17) is 0 Å². The SMILES string of the molecule is CN(c1cccc2c1C(=O)N(C1CCC(=O)NC1=O)C2=O)C1CCC(C(=O)N2CCC(C(=O)O)CC2)CC1. The van der Waals surface area contributed by atoms with Crippen molar-refractivity contribution >= 4 is 41.2 Å². The fraction of sp³-hybridized carbons (Fsp3) is 0.556. The van der Waals surface area contributed by atoms with Crippen LogP contribution in [-0.2, 0) is 19.2 Å². The fourth-order valence-electron chi connectivity index (χ4n) is 6.30. The Morgan fingerprint density at radius 2 is 1.61 bits per heavy atom. The van der Waals surface area contributed by atoms with Crippen LogP contribution in [0.3, 0.4) is 0 Å².